The first-order valence-corrected chi connectivity index (χ1v) is 9.63. The summed E-state index contributed by atoms with van der Waals surface area (Å²) in [7, 11) is 1.51. The number of anilines is 1. The van der Waals surface area contributed by atoms with Gasteiger partial charge in [-0.05, 0) is 36.8 Å². The molecule has 2 aromatic rings. The minimum atomic E-state index is -0.659. The lowest BCUT2D eigenvalue weighted by molar-refractivity contribution is -0.123. The molecule has 1 aliphatic heterocycles. The molecule has 150 valence electrons. The summed E-state index contributed by atoms with van der Waals surface area (Å²) in [6.07, 6.45) is 0.0192. The third-order valence-electron chi connectivity index (χ3n) is 4.08. The van der Waals surface area contributed by atoms with E-state index in [1.54, 1.807) is 43.3 Å². The van der Waals surface area contributed by atoms with E-state index in [0.717, 1.165) is 11.8 Å². The maximum absolute atomic E-state index is 13.0. The van der Waals surface area contributed by atoms with Crippen LogP contribution in [0.4, 0.5) is 10.1 Å². The highest BCUT2D eigenvalue weighted by Gasteiger charge is 2.30. The van der Waals surface area contributed by atoms with Crippen molar-refractivity contribution in [2.24, 2.45) is 10.2 Å². The molecule has 1 aliphatic rings. The second kappa shape index (κ2) is 9.33. The van der Waals surface area contributed by atoms with E-state index >= 15 is 0 Å². The van der Waals surface area contributed by atoms with Crippen molar-refractivity contribution in [1.29, 1.82) is 0 Å². The monoisotopic (exact) mass is 414 g/mol. The van der Waals surface area contributed by atoms with Crippen LogP contribution >= 0.6 is 11.8 Å². The lowest BCUT2D eigenvalue weighted by Gasteiger charge is -2.22. The fourth-order valence-electron chi connectivity index (χ4n) is 2.57. The number of ether oxygens (including phenoxy) is 1. The summed E-state index contributed by atoms with van der Waals surface area (Å²) in [4.78, 5) is 24.6. The van der Waals surface area contributed by atoms with Gasteiger partial charge >= 0.3 is 0 Å². The number of nitrogens with one attached hydrogen (secondary N) is 2. The van der Waals surface area contributed by atoms with Crippen LogP contribution in [0.3, 0.4) is 0 Å². The molecule has 3 rings (SSSR count). The van der Waals surface area contributed by atoms with Crippen LogP contribution in [0.15, 0.2) is 58.7 Å². The normalized spacial score (nSPS) is 18.3. The molecule has 2 N–H and O–H groups in total. The second-order valence-corrected chi connectivity index (χ2v) is 7.34. The Labute approximate surface area is 171 Å². The summed E-state index contributed by atoms with van der Waals surface area (Å²) >= 11 is 1.11. The van der Waals surface area contributed by atoms with Crippen LogP contribution in [0.25, 0.3) is 0 Å². The Morgan fingerprint density at radius 2 is 1.97 bits per heavy atom. The van der Waals surface area contributed by atoms with Crippen LogP contribution in [0.5, 0.6) is 5.75 Å². The molecule has 0 aliphatic carbocycles. The Morgan fingerprint density at radius 3 is 2.69 bits per heavy atom. The van der Waals surface area contributed by atoms with Crippen molar-refractivity contribution in [3.63, 3.8) is 0 Å². The van der Waals surface area contributed by atoms with Gasteiger partial charge in [0.15, 0.2) is 5.17 Å². The molecule has 0 saturated carbocycles. The van der Waals surface area contributed by atoms with Gasteiger partial charge in [0, 0.05) is 6.42 Å². The Bertz CT molecular complexity index is 976. The Kier molecular flexibility index (Phi) is 6.61. The van der Waals surface area contributed by atoms with E-state index < -0.39 is 5.25 Å². The molecule has 2 aromatic carbocycles. The van der Waals surface area contributed by atoms with Crippen molar-refractivity contribution in [3.8, 4) is 5.75 Å². The highest BCUT2D eigenvalue weighted by Crippen LogP contribution is 2.26. The van der Waals surface area contributed by atoms with Crippen molar-refractivity contribution >= 4 is 40.1 Å². The first kappa shape index (κ1) is 20.5. The molecule has 29 heavy (non-hydrogen) atoms. The van der Waals surface area contributed by atoms with Crippen LogP contribution < -0.4 is 15.4 Å². The zero-order chi connectivity index (χ0) is 20.8. The second-order valence-electron chi connectivity index (χ2n) is 6.15. The van der Waals surface area contributed by atoms with E-state index in [1.165, 1.54) is 19.2 Å². The highest BCUT2D eigenvalue weighted by molar-refractivity contribution is 8.15. The molecule has 2 amide bonds. The van der Waals surface area contributed by atoms with E-state index in [0.29, 0.717) is 22.7 Å². The number of hydrogen-bond acceptors (Lipinski definition) is 6. The van der Waals surface area contributed by atoms with Crippen LogP contribution in [0.1, 0.15) is 18.9 Å². The molecular weight excluding hydrogens is 395 g/mol. The number of methoxy groups -OCH3 is 1. The Balaban J connectivity index is 1.71. The van der Waals surface area contributed by atoms with Crippen molar-refractivity contribution < 1.29 is 18.7 Å². The fourth-order valence-corrected chi connectivity index (χ4v) is 3.50. The number of amides is 2. The predicted molar refractivity (Wildman–Crippen MR) is 112 cm³/mol. The number of halogens is 1. The molecule has 1 unspecified atom stereocenters. The SMILES string of the molecule is COc1ccccc1NC(=O)C1CC(=O)N/C(=N\N=C(/C)c2ccc(F)cc2)S1. The van der Waals surface area contributed by atoms with Gasteiger partial charge < -0.3 is 15.4 Å². The van der Waals surface area contributed by atoms with Gasteiger partial charge in [-0.3, -0.25) is 9.59 Å². The molecule has 1 saturated heterocycles. The predicted octanol–water partition coefficient (Wildman–Crippen LogP) is 3.17. The van der Waals surface area contributed by atoms with E-state index in [-0.39, 0.29) is 29.2 Å². The van der Waals surface area contributed by atoms with E-state index in [9.17, 15) is 14.0 Å². The minimum absolute atomic E-state index is 0.0192. The van der Waals surface area contributed by atoms with E-state index in [1.807, 2.05) is 0 Å². The number of rotatable bonds is 5. The third-order valence-corrected chi connectivity index (χ3v) is 5.15. The van der Waals surface area contributed by atoms with Crippen LogP contribution in [0, 0.1) is 5.82 Å². The topological polar surface area (TPSA) is 92.1 Å². The van der Waals surface area contributed by atoms with Crippen LogP contribution in [0.2, 0.25) is 0 Å². The van der Waals surface area contributed by atoms with Gasteiger partial charge in [0.25, 0.3) is 0 Å². The summed E-state index contributed by atoms with van der Waals surface area (Å²) < 4.78 is 18.3. The third kappa shape index (κ3) is 5.41. The van der Waals surface area contributed by atoms with Crippen LogP contribution in [-0.4, -0.2) is 35.1 Å². The number of nitrogens with zero attached hydrogens (tertiary/aromatic N) is 2. The molecule has 7 nitrogen and oxygen atoms in total. The summed E-state index contributed by atoms with van der Waals surface area (Å²) in [6, 6.07) is 12.9. The van der Waals surface area contributed by atoms with Crippen molar-refractivity contribution in [3.05, 3.63) is 59.9 Å². The molecule has 0 aromatic heterocycles. The minimum Gasteiger partial charge on any atom is -0.495 e. The van der Waals surface area contributed by atoms with Gasteiger partial charge in [0.05, 0.1) is 18.5 Å². The van der Waals surface area contributed by atoms with Gasteiger partial charge in [-0.25, -0.2) is 4.39 Å². The summed E-state index contributed by atoms with van der Waals surface area (Å²) in [5.41, 5.74) is 1.77. The average Bonchev–Trinajstić information content (AvgIpc) is 2.72. The van der Waals surface area contributed by atoms with E-state index in [4.69, 9.17) is 4.74 Å². The molecule has 1 fully saturated rings. The highest BCUT2D eigenvalue weighted by atomic mass is 32.2. The number of thioether (sulfide) groups is 1. The Hall–Kier alpha value is -3.20. The zero-order valence-corrected chi connectivity index (χ0v) is 16.6. The van der Waals surface area contributed by atoms with Crippen molar-refractivity contribution in [2.45, 2.75) is 18.6 Å². The zero-order valence-electron chi connectivity index (χ0n) is 15.8. The van der Waals surface area contributed by atoms with Gasteiger partial charge in [-0.15, -0.1) is 5.10 Å². The first-order valence-electron chi connectivity index (χ1n) is 8.75. The molecular formula is C20H19FN4O3S. The summed E-state index contributed by atoms with van der Waals surface area (Å²) in [6.45, 7) is 1.72. The number of carbonyl (C=O) groups is 2. The van der Waals surface area contributed by atoms with Gasteiger partial charge in [0.2, 0.25) is 11.8 Å². The van der Waals surface area contributed by atoms with E-state index in [2.05, 4.69) is 20.8 Å². The maximum Gasteiger partial charge on any atom is 0.238 e. The molecule has 9 heteroatoms. The number of amidine groups is 1. The smallest absolute Gasteiger partial charge is 0.238 e. The lowest BCUT2D eigenvalue weighted by atomic mass is 10.1. The number of carbonyl (C=O) groups excluding carboxylic acids is 2. The summed E-state index contributed by atoms with van der Waals surface area (Å²) in [5, 5.41) is 13.1. The van der Waals surface area contributed by atoms with Gasteiger partial charge in [-0.2, -0.15) is 5.10 Å². The number of benzene rings is 2. The Morgan fingerprint density at radius 1 is 1.24 bits per heavy atom. The fraction of sp³-hybridized carbons (Fsp3) is 0.200. The molecule has 1 heterocycles. The molecule has 0 spiro atoms. The summed E-state index contributed by atoms with van der Waals surface area (Å²) in [5.74, 6) is -0.468. The van der Waals surface area contributed by atoms with Gasteiger partial charge in [0.1, 0.15) is 16.8 Å². The largest absolute Gasteiger partial charge is 0.495 e. The van der Waals surface area contributed by atoms with Gasteiger partial charge in [-0.1, -0.05) is 36.0 Å². The molecule has 0 radical (unpaired) electrons. The van der Waals surface area contributed by atoms with Crippen molar-refractivity contribution in [2.75, 3.05) is 12.4 Å². The standard InChI is InChI=1S/C20H19FN4O3S/c1-12(13-7-9-14(21)10-8-13)24-25-20-23-18(26)11-17(29-20)19(27)22-15-5-3-4-6-16(15)28-2/h3-10,17H,11H2,1-2H3,(H,22,27)(H,23,25,26)/b24-12+. The first-order chi connectivity index (χ1) is 14.0. The number of hydrogen-bond donors (Lipinski definition) is 2. The van der Waals surface area contributed by atoms with Crippen molar-refractivity contribution in [1.82, 2.24) is 5.32 Å². The maximum atomic E-state index is 13.0. The number of para-hydroxylation sites is 2. The lowest BCUT2D eigenvalue weighted by Crippen LogP contribution is -2.41. The molecule has 0 bridgehead atoms. The quantitative estimate of drug-likeness (QED) is 0.581. The molecule has 1 atom stereocenters. The van der Waals surface area contributed by atoms with Crippen LogP contribution in [-0.2, 0) is 9.59 Å². The average molecular weight is 414 g/mol.